The molecule has 1 saturated heterocycles. The zero-order valence-corrected chi connectivity index (χ0v) is 11.9. The van der Waals surface area contributed by atoms with E-state index in [2.05, 4.69) is 4.90 Å². The minimum absolute atomic E-state index is 0.105. The van der Waals surface area contributed by atoms with E-state index in [0.717, 1.165) is 26.1 Å². The first-order valence-corrected chi connectivity index (χ1v) is 6.85. The van der Waals surface area contributed by atoms with Gasteiger partial charge in [-0.1, -0.05) is 24.4 Å². The van der Waals surface area contributed by atoms with Gasteiger partial charge in [0, 0.05) is 36.9 Å². The van der Waals surface area contributed by atoms with E-state index in [4.69, 9.17) is 22.7 Å². The van der Waals surface area contributed by atoms with E-state index in [0.29, 0.717) is 23.7 Å². The topological polar surface area (TPSA) is 38.5 Å². The second kappa shape index (κ2) is 6.41. The number of thiocarbonyl (C=S) groups is 1. The fourth-order valence-electron chi connectivity index (χ4n) is 2.42. The SMILES string of the molecule is CN(Cc1cccc(C(N)=S)c1F)C1CCOCC1. The highest BCUT2D eigenvalue weighted by Gasteiger charge is 2.20. The molecule has 1 aliphatic heterocycles. The van der Waals surface area contributed by atoms with Crippen LogP contribution in [0.15, 0.2) is 18.2 Å². The first-order valence-electron chi connectivity index (χ1n) is 6.44. The van der Waals surface area contributed by atoms with Crippen molar-refractivity contribution in [1.82, 2.24) is 4.90 Å². The van der Waals surface area contributed by atoms with Gasteiger partial charge in [-0.25, -0.2) is 4.39 Å². The maximum Gasteiger partial charge on any atom is 0.137 e. The Labute approximate surface area is 118 Å². The van der Waals surface area contributed by atoms with E-state index in [1.54, 1.807) is 18.2 Å². The largest absolute Gasteiger partial charge is 0.389 e. The molecule has 104 valence electrons. The second-order valence-corrected chi connectivity index (χ2v) is 5.34. The van der Waals surface area contributed by atoms with Crippen LogP contribution in [0.5, 0.6) is 0 Å². The zero-order valence-electron chi connectivity index (χ0n) is 11.1. The van der Waals surface area contributed by atoms with Crippen molar-refractivity contribution in [2.24, 2.45) is 5.73 Å². The van der Waals surface area contributed by atoms with Crippen molar-refractivity contribution in [2.75, 3.05) is 20.3 Å². The van der Waals surface area contributed by atoms with Crippen molar-refractivity contribution in [1.29, 1.82) is 0 Å². The molecule has 0 bridgehead atoms. The lowest BCUT2D eigenvalue weighted by atomic mass is 10.1. The molecule has 0 spiro atoms. The molecule has 0 unspecified atom stereocenters. The molecular weight excluding hydrogens is 263 g/mol. The summed E-state index contributed by atoms with van der Waals surface area (Å²) in [5, 5.41) is 0. The van der Waals surface area contributed by atoms with Crippen LogP contribution >= 0.6 is 12.2 Å². The summed E-state index contributed by atoms with van der Waals surface area (Å²) in [5.74, 6) is -0.297. The molecule has 0 saturated carbocycles. The molecule has 0 amide bonds. The van der Waals surface area contributed by atoms with E-state index in [-0.39, 0.29) is 10.8 Å². The highest BCUT2D eigenvalue weighted by Crippen LogP contribution is 2.19. The Bertz CT molecular complexity index is 461. The summed E-state index contributed by atoms with van der Waals surface area (Å²) < 4.78 is 19.6. The quantitative estimate of drug-likeness (QED) is 0.858. The smallest absolute Gasteiger partial charge is 0.137 e. The van der Waals surface area contributed by atoms with E-state index in [1.165, 1.54) is 0 Å². The van der Waals surface area contributed by atoms with Gasteiger partial charge in [-0.15, -0.1) is 0 Å². The van der Waals surface area contributed by atoms with Crippen molar-refractivity contribution in [3.05, 3.63) is 35.1 Å². The zero-order chi connectivity index (χ0) is 13.8. The Morgan fingerprint density at radius 2 is 2.16 bits per heavy atom. The number of halogens is 1. The van der Waals surface area contributed by atoms with Crippen LogP contribution in [0.3, 0.4) is 0 Å². The fraction of sp³-hybridized carbons (Fsp3) is 0.500. The van der Waals surface area contributed by atoms with E-state index in [9.17, 15) is 4.39 Å². The molecule has 2 N–H and O–H groups in total. The minimum Gasteiger partial charge on any atom is -0.389 e. The van der Waals surface area contributed by atoms with Gasteiger partial charge in [0.25, 0.3) is 0 Å². The molecule has 1 fully saturated rings. The van der Waals surface area contributed by atoms with Crippen molar-refractivity contribution < 1.29 is 9.13 Å². The lowest BCUT2D eigenvalue weighted by Crippen LogP contribution is -2.36. The molecular formula is C14H19FN2OS. The van der Waals surface area contributed by atoms with Gasteiger partial charge in [-0.2, -0.15) is 0 Å². The van der Waals surface area contributed by atoms with Gasteiger partial charge < -0.3 is 10.5 Å². The van der Waals surface area contributed by atoms with Crippen LogP contribution in [0.4, 0.5) is 4.39 Å². The van der Waals surface area contributed by atoms with Crippen molar-refractivity contribution in [3.63, 3.8) is 0 Å². The molecule has 1 aromatic carbocycles. The van der Waals surface area contributed by atoms with Crippen LogP contribution in [-0.4, -0.2) is 36.2 Å². The van der Waals surface area contributed by atoms with Crippen LogP contribution in [0.2, 0.25) is 0 Å². The molecule has 0 aromatic heterocycles. The monoisotopic (exact) mass is 282 g/mol. The number of nitrogens with zero attached hydrogens (tertiary/aromatic N) is 1. The summed E-state index contributed by atoms with van der Waals surface area (Å²) in [5.41, 5.74) is 6.48. The van der Waals surface area contributed by atoms with Gasteiger partial charge in [0.05, 0.1) is 0 Å². The number of rotatable bonds is 4. The Morgan fingerprint density at radius 1 is 1.47 bits per heavy atom. The normalized spacial score (nSPS) is 16.8. The molecule has 0 aliphatic carbocycles. The Balaban J connectivity index is 2.10. The maximum absolute atomic E-state index is 14.2. The van der Waals surface area contributed by atoms with E-state index < -0.39 is 0 Å². The first-order chi connectivity index (χ1) is 9.09. The van der Waals surface area contributed by atoms with Crippen molar-refractivity contribution in [3.8, 4) is 0 Å². The number of nitrogens with two attached hydrogens (primary N) is 1. The van der Waals surface area contributed by atoms with Gasteiger partial charge in [0.2, 0.25) is 0 Å². The molecule has 0 radical (unpaired) electrons. The number of ether oxygens (including phenoxy) is 1. The lowest BCUT2D eigenvalue weighted by Gasteiger charge is -2.31. The average Bonchev–Trinajstić information content (AvgIpc) is 2.41. The Kier molecular flexibility index (Phi) is 4.85. The lowest BCUT2D eigenvalue weighted by molar-refractivity contribution is 0.0404. The minimum atomic E-state index is -0.297. The van der Waals surface area contributed by atoms with Gasteiger partial charge >= 0.3 is 0 Å². The van der Waals surface area contributed by atoms with Crippen LogP contribution in [0.1, 0.15) is 24.0 Å². The third-order valence-electron chi connectivity index (χ3n) is 3.58. The summed E-state index contributed by atoms with van der Waals surface area (Å²) in [6.45, 7) is 2.13. The van der Waals surface area contributed by atoms with Crippen LogP contribution in [-0.2, 0) is 11.3 Å². The summed E-state index contributed by atoms with van der Waals surface area (Å²) in [6, 6.07) is 5.65. The molecule has 1 aromatic rings. The molecule has 1 heterocycles. The van der Waals surface area contributed by atoms with Gasteiger partial charge in [-0.3, -0.25) is 4.90 Å². The fourth-order valence-corrected chi connectivity index (χ4v) is 2.57. The molecule has 1 aliphatic rings. The number of hydrogen-bond donors (Lipinski definition) is 1. The Hall–Kier alpha value is -1.04. The molecule has 5 heteroatoms. The predicted molar refractivity (Wildman–Crippen MR) is 77.6 cm³/mol. The summed E-state index contributed by atoms with van der Waals surface area (Å²) in [4.78, 5) is 2.28. The molecule has 3 nitrogen and oxygen atoms in total. The summed E-state index contributed by atoms with van der Waals surface area (Å²) >= 11 is 4.86. The highest BCUT2D eigenvalue weighted by atomic mass is 32.1. The molecule has 2 rings (SSSR count). The standard InChI is InChI=1S/C14H19FN2OS/c1-17(11-5-7-18-8-6-11)9-10-3-2-4-12(13(10)15)14(16)19/h2-4,11H,5-9H2,1H3,(H2,16,19). The van der Waals surface area contributed by atoms with Gasteiger partial charge in [0.15, 0.2) is 0 Å². The summed E-state index contributed by atoms with van der Waals surface area (Å²) in [7, 11) is 2.02. The third kappa shape index (κ3) is 3.49. The van der Waals surface area contributed by atoms with Crippen molar-refractivity contribution >= 4 is 17.2 Å². The maximum atomic E-state index is 14.2. The second-order valence-electron chi connectivity index (χ2n) is 4.90. The number of benzene rings is 1. The summed E-state index contributed by atoms with van der Waals surface area (Å²) in [6.07, 6.45) is 1.99. The molecule has 19 heavy (non-hydrogen) atoms. The number of hydrogen-bond acceptors (Lipinski definition) is 3. The highest BCUT2D eigenvalue weighted by molar-refractivity contribution is 7.80. The average molecular weight is 282 g/mol. The Morgan fingerprint density at radius 3 is 2.79 bits per heavy atom. The van der Waals surface area contributed by atoms with Crippen LogP contribution < -0.4 is 5.73 Å². The van der Waals surface area contributed by atoms with E-state index in [1.807, 2.05) is 7.05 Å². The van der Waals surface area contributed by atoms with E-state index >= 15 is 0 Å². The third-order valence-corrected chi connectivity index (χ3v) is 3.80. The first kappa shape index (κ1) is 14.4. The predicted octanol–water partition coefficient (Wildman–Crippen LogP) is 2.07. The van der Waals surface area contributed by atoms with Gasteiger partial charge in [0.1, 0.15) is 10.8 Å². The van der Waals surface area contributed by atoms with Crippen molar-refractivity contribution in [2.45, 2.75) is 25.4 Å². The van der Waals surface area contributed by atoms with Crippen LogP contribution in [0.25, 0.3) is 0 Å². The van der Waals surface area contributed by atoms with Crippen LogP contribution in [0, 0.1) is 5.82 Å². The van der Waals surface area contributed by atoms with Gasteiger partial charge in [-0.05, 0) is 26.0 Å². The molecule has 0 atom stereocenters.